The number of ether oxygens (including phenoxy) is 4. The molecule has 7 nitrogen and oxygen atoms in total. The summed E-state index contributed by atoms with van der Waals surface area (Å²) < 4.78 is 29.0. The zero-order valence-electron chi connectivity index (χ0n) is 16.5. The summed E-state index contributed by atoms with van der Waals surface area (Å²) in [5.41, 5.74) is 0. The summed E-state index contributed by atoms with van der Waals surface area (Å²) in [4.78, 5) is 11.4. The van der Waals surface area contributed by atoms with Crippen LogP contribution in [0.1, 0.15) is 41.5 Å². The van der Waals surface area contributed by atoms with Crippen molar-refractivity contribution >= 4 is 14.3 Å². The van der Waals surface area contributed by atoms with E-state index in [1.54, 1.807) is 13.8 Å². The van der Waals surface area contributed by atoms with Gasteiger partial charge in [-0.1, -0.05) is 20.8 Å². The third-order valence-electron chi connectivity index (χ3n) is 5.17. The van der Waals surface area contributed by atoms with Crippen LogP contribution in [0.2, 0.25) is 18.1 Å². The van der Waals surface area contributed by atoms with Gasteiger partial charge in [0.25, 0.3) is 0 Å². The van der Waals surface area contributed by atoms with Crippen molar-refractivity contribution in [2.45, 2.75) is 96.2 Å². The van der Waals surface area contributed by atoms with Crippen LogP contribution in [0.4, 0.5) is 0 Å². The first-order valence-corrected chi connectivity index (χ1v) is 11.6. The Hall–Kier alpha value is -0.513. The minimum atomic E-state index is -1.98. The number of aliphatic hydroxyl groups excluding tert-OH is 1. The molecule has 2 aliphatic heterocycles. The Morgan fingerprint density at radius 1 is 1.20 bits per heavy atom. The van der Waals surface area contributed by atoms with E-state index in [1.165, 1.54) is 6.92 Å². The van der Waals surface area contributed by atoms with Crippen molar-refractivity contribution in [3.8, 4) is 0 Å². The molecule has 2 aliphatic rings. The third kappa shape index (κ3) is 4.61. The molecule has 0 aromatic rings. The van der Waals surface area contributed by atoms with Gasteiger partial charge in [-0.15, -0.1) is 0 Å². The molecule has 0 saturated carbocycles. The fourth-order valence-corrected chi connectivity index (χ4v) is 3.83. The van der Waals surface area contributed by atoms with Crippen LogP contribution in [0.25, 0.3) is 0 Å². The van der Waals surface area contributed by atoms with Gasteiger partial charge in [-0.05, 0) is 32.0 Å². The second-order valence-corrected chi connectivity index (χ2v) is 13.6. The van der Waals surface area contributed by atoms with Crippen molar-refractivity contribution < 1.29 is 33.3 Å². The predicted molar refractivity (Wildman–Crippen MR) is 93.4 cm³/mol. The average Bonchev–Trinajstić information content (AvgIpc) is 2.74. The van der Waals surface area contributed by atoms with E-state index in [4.69, 9.17) is 23.4 Å². The van der Waals surface area contributed by atoms with Gasteiger partial charge in [0.15, 0.2) is 26.5 Å². The van der Waals surface area contributed by atoms with Gasteiger partial charge in [0.1, 0.15) is 18.3 Å². The molecule has 0 bridgehead atoms. The van der Waals surface area contributed by atoms with Crippen LogP contribution >= 0.6 is 0 Å². The predicted octanol–water partition coefficient (Wildman–Crippen LogP) is 2.18. The largest absolute Gasteiger partial charge is 0.454 e. The number of hydrogen-bond acceptors (Lipinski definition) is 7. The van der Waals surface area contributed by atoms with Crippen LogP contribution in [0.15, 0.2) is 0 Å². The summed E-state index contributed by atoms with van der Waals surface area (Å²) >= 11 is 0. The topological polar surface area (TPSA) is 83.5 Å². The highest BCUT2D eigenvalue weighted by Crippen LogP contribution is 2.40. The molecule has 2 saturated heterocycles. The number of hydrogen-bond donors (Lipinski definition) is 1. The van der Waals surface area contributed by atoms with Gasteiger partial charge in [-0.25, -0.2) is 0 Å². The fraction of sp³-hybridized carbons (Fsp3) is 0.941. The van der Waals surface area contributed by atoms with Gasteiger partial charge in [-0.3, -0.25) is 4.79 Å². The van der Waals surface area contributed by atoms with E-state index >= 15 is 0 Å². The maximum absolute atomic E-state index is 11.4. The van der Waals surface area contributed by atoms with E-state index in [1.807, 2.05) is 0 Å². The summed E-state index contributed by atoms with van der Waals surface area (Å²) in [6.45, 7) is 15.9. The van der Waals surface area contributed by atoms with Crippen molar-refractivity contribution in [1.82, 2.24) is 0 Å². The highest BCUT2D eigenvalue weighted by Gasteiger charge is 2.56. The maximum Gasteiger partial charge on any atom is 0.303 e. The second-order valence-electron chi connectivity index (χ2n) is 8.78. The molecule has 5 atom stereocenters. The minimum absolute atomic E-state index is 0.0618. The molecule has 25 heavy (non-hydrogen) atoms. The molecule has 0 spiro atoms. The molecule has 1 N–H and O–H groups in total. The zero-order valence-corrected chi connectivity index (χ0v) is 17.5. The highest BCUT2D eigenvalue weighted by molar-refractivity contribution is 6.74. The molecule has 146 valence electrons. The Kier molecular flexibility index (Phi) is 5.74. The molecule has 2 fully saturated rings. The molecule has 8 heteroatoms. The van der Waals surface area contributed by atoms with Gasteiger partial charge in [-0.2, -0.15) is 0 Å². The highest BCUT2D eigenvalue weighted by atomic mass is 28.4. The van der Waals surface area contributed by atoms with Gasteiger partial charge in [0.2, 0.25) is 0 Å². The van der Waals surface area contributed by atoms with Crippen molar-refractivity contribution in [3.05, 3.63) is 0 Å². The van der Waals surface area contributed by atoms with Crippen LogP contribution in [-0.2, 0) is 28.2 Å². The van der Waals surface area contributed by atoms with Crippen molar-refractivity contribution in [2.24, 2.45) is 0 Å². The van der Waals surface area contributed by atoms with E-state index in [0.29, 0.717) is 6.61 Å². The Morgan fingerprint density at radius 3 is 2.28 bits per heavy atom. The molecule has 0 radical (unpaired) electrons. The fourth-order valence-electron chi connectivity index (χ4n) is 2.81. The van der Waals surface area contributed by atoms with Crippen LogP contribution < -0.4 is 0 Å². The van der Waals surface area contributed by atoms with Crippen LogP contribution in [0.3, 0.4) is 0 Å². The number of esters is 1. The molecular formula is C17H32O7Si. The molecular weight excluding hydrogens is 344 g/mol. The van der Waals surface area contributed by atoms with E-state index in [2.05, 4.69) is 33.9 Å². The number of fused-ring (bicyclic) bond motifs is 1. The maximum atomic E-state index is 11.4. The van der Waals surface area contributed by atoms with Crippen molar-refractivity contribution in [2.75, 3.05) is 6.61 Å². The first-order chi connectivity index (χ1) is 11.2. The minimum Gasteiger partial charge on any atom is -0.454 e. The lowest BCUT2D eigenvalue weighted by atomic mass is 9.99. The molecule has 0 unspecified atom stereocenters. The van der Waals surface area contributed by atoms with Crippen molar-refractivity contribution in [1.29, 1.82) is 0 Å². The average molecular weight is 377 g/mol. The quantitative estimate of drug-likeness (QED) is 0.595. The van der Waals surface area contributed by atoms with Crippen LogP contribution in [0.5, 0.6) is 0 Å². The standard InChI is InChI=1S/C17H32O7Si/c1-10(18)21-14-13-12(23-17(5,6)24-13)11(22-15(14)19)9-20-25(7,8)16(2,3)4/h11-15,19H,9H2,1-8H3/t11-,12+,13+,14-,15-/m1/s1. The second kappa shape index (κ2) is 6.90. The van der Waals surface area contributed by atoms with E-state index < -0.39 is 50.8 Å². The molecule has 0 aliphatic carbocycles. The molecule has 2 rings (SSSR count). The summed E-state index contributed by atoms with van der Waals surface area (Å²) in [6.07, 6.45) is -3.78. The lowest BCUT2D eigenvalue weighted by molar-refractivity contribution is -0.269. The van der Waals surface area contributed by atoms with Crippen molar-refractivity contribution in [3.63, 3.8) is 0 Å². The first-order valence-electron chi connectivity index (χ1n) is 8.74. The Morgan fingerprint density at radius 2 is 1.76 bits per heavy atom. The molecule has 0 aromatic carbocycles. The zero-order chi connectivity index (χ0) is 19.2. The monoisotopic (exact) mass is 376 g/mol. The van der Waals surface area contributed by atoms with Gasteiger partial charge < -0.3 is 28.5 Å². The Labute approximate surface area is 151 Å². The summed E-state index contributed by atoms with van der Waals surface area (Å²) in [7, 11) is -1.98. The lowest BCUT2D eigenvalue weighted by Gasteiger charge is -2.42. The summed E-state index contributed by atoms with van der Waals surface area (Å²) in [5, 5.41) is 10.4. The van der Waals surface area contributed by atoms with Crippen LogP contribution in [0, 0.1) is 0 Å². The summed E-state index contributed by atoms with van der Waals surface area (Å²) in [5.74, 6) is -1.35. The third-order valence-corrected chi connectivity index (χ3v) is 9.67. The molecule has 0 aromatic heterocycles. The molecule has 0 amide bonds. The Bertz CT molecular complexity index is 500. The van der Waals surface area contributed by atoms with Gasteiger partial charge >= 0.3 is 5.97 Å². The van der Waals surface area contributed by atoms with Gasteiger partial charge in [0.05, 0.1) is 6.61 Å². The molecule has 2 heterocycles. The smallest absolute Gasteiger partial charge is 0.303 e. The number of rotatable bonds is 4. The number of aliphatic hydroxyl groups is 1. The lowest BCUT2D eigenvalue weighted by Crippen LogP contribution is -2.59. The first kappa shape index (κ1) is 20.8. The normalized spacial score (nSPS) is 35.3. The number of carbonyl (C=O) groups excluding carboxylic acids is 1. The van der Waals surface area contributed by atoms with E-state index in [9.17, 15) is 9.90 Å². The van der Waals surface area contributed by atoms with E-state index in [-0.39, 0.29) is 5.04 Å². The summed E-state index contributed by atoms with van der Waals surface area (Å²) in [6, 6.07) is 0. The van der Waals surface area contributed by atoms with E-state index in [0.717, 1.165) is 0 Å². The van der Waals surface area contributed by atoms with Crippen LogP contribution in [-0.4, -0.2) is 62.5 Å². The SMILES string of the molecule is CC(=O)O[C@@H]1[C@H]2OC(C)(C)O[C@H]2[C@@H](CO[Si](C)(C)C(C)(C)C)O[C@H]1O. The Balaban J connectivity index is 2.14. The van der Waals surface area contributed by atoms with Gasteiger partial charge in [0, 0.05) is 6.92 Å². The number of carbonyl (C=O) groups is 1.